The summed E-state index contributed by atoms with van der Waals surface area (Å²) in [6.07, 6.45) is 14.7. The van der Waals surface area contributed by atoms with Crippen LogP contribution in [-0.4, -0.2) is 6.11 Å². The predicted molar refractivity (Wildman–Crippen MR) is 116 cm³/mol. The standard InChI is InChI=1S/C26H37F3O/c1-2-3-4-5-20-6-8-21(9-7-20)10-11-22-12-14-23(15-13-22)26(28,29)30-25-18-16-24(27)17-19-25/h10-11,16-23H,2-9,12-15H2,1H3/b11-10+. The first-order valence-corrected chi connectivity index (χ1v) is 12.0. The van der Waals surface area contributed by atoms with Crippen LogP contribution < -0.4 is 4.74 Å². The maximum absolute atomic E-state index is 14.5. The van der Waals surface area contributed by atoms with Crippen molar-refractivity contribution in [3.8, 4) is 5.75 Å². The highest BCUT2D eigenvalue weighted by Gasteiger charge is 2.43. The van der Waals surface area contributed by atoms with Gasteiger partial charge >= 0.3 is 6.11 Å². The molecule has 0 unspecified atom stereocenters. The van der Waals surface area contributed by atoms with E-state index in [1.807, 2.05) is 0 Å². The number of halogens is 3. The predicted octanol–water partition coefficient (Wildman–Crippen LogP) is 8.55. The highest BCUT2D eigenvalue weighted by Crippen LogP contribution is 2.41. The zero-order valence-electron chi connectivity index (χ0n) is 18.3. The molecule has 0 amide bonds. The molecule has 0 atom stereocenters. The molecule has 0 radical (unpaired) electrons. The normalized spacial score (nSPS) is 28.0. The molecule has 0 N–H and O–H groups in total. The third kappa shape index (κ3) is 7.06. The van der Waals surface area contributed by atoms with Crippen molar-refractivity contribution in [2.24, 2.45) is 23.7 Å². The van der Waals surface area contributed by atoms with Gasteiger partial charge in [-0.25, -0.2) is 4.39 Å². The monoisotopic (exact) mass is 422 g/mol. The Bertz CT molecular complexity index is 639. The topological polar surface area (TPSA) is 9.23 Å². The fourth-order valence-corrected chi connectivity index (χ4v) is 5.06. The number of rotatable bonds is 9. The van der Waals surface area contributed by atoms with Gasteiger partial charge in [0.15, 0.2) is 0 Å². The highest BCUT2D eigenvalue weighted by molar-refractivity contribution is 5.22. The molecule has 0 bridgehead atoms. The molecule has 1 aromatic rings. The minimum atomic E-state index is -3.21. The van der Waals surface area contributed by atoms with Crippen molar-refractivity contribution in [3.63, 3.8) is 0 Å². The number of benzene rings is 1. The van der Waals surface area contributed by atoms with Gasteiger partial charge in [-0.2, -0.15) is 8.78 Å². The van der Waals surface area contributed by atoms with Gasteiger partial charge in [0.1, 0.15) is 11.6 Å². The molecule has 0 saturated heterocycles. The van der Waals surface area contributed by atoms with Gasteiger partial charge < -0.3 is 4.74 Å². The van der Waals surface area contributed by atoms with Crippen LogP contribution in [0.15, 0.2) is 36.4 Å². The second-order valence-corrected chi connectivity index (χ2v) is 9.39. The van der Waals surface area contributed by atoms with Gasteiger partial charge in [-0.15, -0.1) is 0 Å². The molecular formula is C26H37F3O. The lowest BCUT2D eigenvalue weighted by Crippen LogP contribution is -2.37. The second kappa shape index (κ2) is 11.2. The lowest BCUT2D eigenvalue weighted by Gasteiger charge is -2.32. The molecule has 2 saturated carbocycles. The molecule has 168 valence electrons. The summed E-state index contributed by atoms with van der Waals surface area (Å²) in [5.74, 6) is 0.793. The molecule has 2 fully saturated rings. The first-order valence-electron chi connectivity index (χ1n) is 12.0. The Kier molecular flexibility index (Phi) is 8.71. The molecule has 0 heterocycles. The lowest BCUT2D eigenvalue weighted by molar-refractivity contribution is -0.223. The molecule has 0 spiro atoms. The van der Waals surface area contributed by atoms with Crippen LogP contribution in [0.3, 0.4) is 0 Å². The first-order chi connectivity index (χ1) is 14.5. The van der Waals surface area contributed by atoms with Crippen molar-refractivity contribution in [1.29, 1.82) is 0 Å². The Morgan fingerprint density at radius 3 is 2.00 bits per heavy atom. The summed E-state index contributed by atoms with van der Waals surface area (Å²) in [5, 5.41) is 0. The van der Waals surface area contributed by atoms with E-state index >= 15 is 0 Å². The van der Waals surface area contributed by atoms with Crippen LogP contribution in [0.1, 0.15) is 84.0 Å². The molecule has 2 aliphatic rings. The third-order valence-electron chi connectivity index (χ3n) is 7.08. The summed E-state index contributed by atoms with van der Waals surface area (Å²) in [6.45, 7) is 2.26. The van der Waals surface area contributed by atoms with E-state index in [2.05, 4.69) is 19.1 Å². The summed E-state index contributed by atoms with van der Waals surface area (Å²) in [6, 6.07) is 4.81. The van der Waals surface area contributed by atoms with Gasteiger partial charge in [0.05, 0.1) is 5.92 Å². The van der Waals surface area contributed by atoms with Crippen molar-refractivity contribution < 1.29 is 17.9 Å². The molecule has 0 aliphatic heterocycles. The zero-order valence-corrected chi connectivity index (χ0v) is 18.3. The Labute approximate surface area is 180 Å². The molecular weight excluding hydrogens is 385 g/mol. The number of unbranched alkanes of at least 4 members (excludes halogenated alkanes) is 2. The molecule has 3 rings (SSSR count). The van der Waals surface area contributed by atoms with E-state index in [0.29, 0.717) is 24.7 Å². The van der Waals surface area contributed by atoms with Crippen molar-refractivity contribution in [3.05, 3.63) is 42.2 Å². The largest absolute Gasteiger partial charge is 0.432 e. The van der Waals surface area contributed by atoms with Gasteiger partial charge in [0.2, 0.25) is 0 Å². The number of hydrogen-bond acceptors (Lipinski definition) is 1. The van der Waals surface area contributed by atoms with Gasteiger partial charge in [-0.05, 0) is 93.4 Å². The smallest absolute Gasteiger partial charge is 0.400 e. The van der Waals surface area contributed by atoms with Crippen molar-refractivity contribution >= 4 is 0 Å². The fourth-order valence-electron chi connectivity index (χ4n) is 5.06. The quantitative estimate of drug-likeness (QED) is 0.286. The van der Waals surface area contributed by atoms with Crippen LogP contribution in [0.2, 0.25) is 0 Å². The average Bonchev–Trinajstić information content (AvgIpc) is 2.75. The Balaban J connectivity index is 1.38. The van der Waals surface area contributed by atoms with Crippen LogP contribution in [0, 0.1) is 29.5 Å². The van der Waals surface area contributed by atoms with Crippen molar-refractivity contribution in [2.45, 2.75) is 90.1 Å². The van der Waals surface area contributed by atoms with Gasteiger partial charge in [0, 0.05) is 0 Å². The number of alkyl halides is 2. The van der Waals surface area contributed by atoms with Crippen molar-refractivity contribution in [2.75, 3.05) is 0 Å². The maximum Gasteiger partial charge on any atom is 0.400 e. The van der Waals surface area contributed by atoms with Crippen LogP contribution in [0.4, 0.5) is 13.2 Å². The Morgan fingerprint density at radius 2 is 1.43 bits per heavy atom. The van der Waals surface area contributed by atoms with E-state index in [4.69, 9.17) is 4.74 Å². The van der Waals surface area contributed by atoms with Crippen LogP contribution in [0.5, 0.6) is 5.75 Å². The molecule has 1 nitrogen and oxygen atoms in total. The molecule has 2 aliphatic carbocycles. The van der Waals surface area contributed by atoms with Crippen LogP contribution in [0.25, 0.3) is 0 Å². The molecule has 4 heteroatoms. The van der Waals surface area contributed by atoms with Gasteiger partial charge in [0.25, 0.3) is 0 Å². The first kappa shape index (κ1) is 23.2. The van der Waals surface area contributed by atoms with Gasteiger partial charge in [-0.3, -0.25) is 0 Å². The number of hydrogen-bond donors (Lipinski definition) is 0. The number of ether oxygens (including phenoxy) is 1. The Morgan fingerprint density at radius 1 is 0.867 bits per heavy atom. The Hall–Kier alpha value is -1.45. The SMILES string of the molecule is CCCCCC1CCC(/C=C/C2CCC(C(F)(F)Oc3ccc(F)cc3)CC2)CC1. The highest BCUT2D eigenvalue weighted by atomic mass is 19.3. The van der Waals surface area contributed by atoms with Crippen LogP contribution >= 0.6 is 0 Å². The van der Waals surface area contributed by atoms with Crippen LogP contribution in [-0.2, 0) is 0 Å². The summed E-state index contributed by atoms with van der Waals surface area (Å²) in [7, 11) is 0. The molecule has 0 aromatic heterocycles. The van der Waals surface area contributed by atoms with E-state index in [0.717, 1.165) is 30.9 Å². The van der Waals surface area contributed by atoms with Gasteiger partial charge in [-0.1, -0.05) is 44.8 Å². The summed E-state index contributed by atoms with van der Waals surface area (Å²) in [4.78, 5) is 0. The maximum atomic E-state index is 14.5. The third-order valence-corrected chi connectivity index (χ3v) is 7.08. The zero-order chi connectivity index (χ0) is 21.4. The molecule has 1 aromatic carbocycles. The summed E-state index contributed by atoms with van der Waals surface area (Å²) < 4.78 is 46.9. The second-order valence-electron chi connectivity index (χ2n) is 9.39. The summed E-state index contributed by atoms with van der Waals surface area (Å²) in [5.41, 5.74) is 0. The average molecular weight is 423 g/mol. The van der Waals surface area contributed by atoms with Crippen molar-refractivity contribution in [1.82, 2.24) is 0 Å². The van der Waals surface area contributed by atoms with E-state index in [1.165, 1.54) is 63.5 Å². The van der Waals surface area contributed by atoms with E-state index in [-0.39, 0.29) is 5.75 Å². The van der Waals surface area contributed by atoms with E-state index in [9.17, 15) is 13.2 Å². The lowest BCUT2D eigenvalue weighted by atomic mass is 9.78. The number of allylic oxidation sites excluding steroid dienone is 2. The fraction of sp³-hybridized carbons (Fsp3) is 0.692. The minimum Gasteiger partial charge on any atom is -0.432 e. The van der Waals surface area contributed by atoms with E-state index in [1.54, 1.807) is 0 Å². The van der Waals surface area contributed by atoms with E-state index < -0.39 is 17.8 Å². The minimum absolute atomic E-state index is 0.0220. The summed E-state index contributed by atoms with van der Waals surface area (Å²) >= 11 is 0. The molecule has 30 heavy (non-hydrogen) atoms.